The lowest BCUT2D eigenvalue weighted by Crippen LogP contribution is -2.62. The molecule has 3 aliphatic heterocycles. The lowest BCUT2D eigenvalue weighted by Gasteiger charge is -2.53. The minimum Gasteiger partial charge on any atom is -0.490 e. The Morgan fingerprint density at radius 1 is 1.02 bits per heavy atom. The molecule has 9 nitrogen and oxygen atoms in total. The normalized spacial score (nSPS) is 40.5. The van der Waals surface area contributed by atoms with Gasteiger partial charge in [0.2, 0.25) is 5.76 Å². The average Bonchev–Trinajstić information content (AvgIpc) is 3.07. The molecule has 0 aliphatic carbocycles. The molecular formula is C40H67NO8. The maximum atomic E-state index is 13.7. The molecule has 3 aliphatic rings. The third-order valence-electron chi connectivity index (χ3n) is 11.4. The Bertz CT molecular complexity index is 1190. The summed E-state index contributed by atoms with van der Waals surface area (Å²) in [5, 5.41) is 35.3. The predicted molar refractivity (Wildman–Crippen MR) is 193 cm³/mol. The summed E-state index contributed by atoms with van der Waals surface area (Å²) in [5.74, 6) is -3.41. The van der Waals surface area contributed by atoms with Gasteiger partial charge in [-0.2, -0.15) is 0 Å². The summed E-state index contributed by atoms with van der Waals surface area (Å²) >= 11 is 0. The highest BCUT2D eigenvalue weighted by molar-refractivity contribution is 5.87. The molecule has 0 aromatic heterocycles. The van der Waals surface area contributed by atoms with Crippen molar-refractivity contribution in [1.82, 2.24) is 4.90 Å². The number of rotatable bonds is 8. The molecule has 0 unspecified atom stereocenters. The summed E-state index contributed by atoms with van der Waals surface area (Å²) in [5.41, 5.74) is 1.84. The summed E-state index contributed by atoms with van der Waals surface area (Å²) in [4.78, 5) is 16.2. The number of ether oxygens (including phenoxy) is 4. The quantitative estimate of drug-likeness (QED) is 0.257. The first-order valence-electron chi connectivity index (χ1n) is 18.6. The van der Waals surface area contributed by atoms with Crippen LogP contribution in [-0.4, -0.2) is 95.8 Å². The lowest BCUT2D eigenvalue weighted by atomic mass is 9.74. The molecule has 0 saturated carbocycles. The standard InChI is InChI=1S/C40H67NO8/c1-24(2)37-29(7)32(41-18-13-12-14-19-41)23-40(45,49-37)31(9)36(43)30(8)38-33(46-10)17-15-16-25(3)20-27(5)35(42)28(6)21-26(4)22-34(47-11)39(44)48-38/h15-17,21-22,24,27-33,35-38,42-43,45H,12-14,18-20,23H2,1-11H3/b17-15+,25-16+,26-21+,34-22-/t27-,28+,29-,30-,31-,32+,33-,35-,36+,37+,38+,40+/m0/s1. The van der Waals surface area contributed by atoms with Crippen LogP contribution in [-0.2, 0) is 23.7 Å². The average molecular weight is 690 g/mol. The van der Waals surface area contributed by atoms with E-state index in [-0.39, 0.29) is 41.6 Å². The monoisotopic (exact) mass is 689 g/mol. The second kappa shape index (κ2) is 18.5. The number of carbonyl (C=O) groups is 1. The smallest absolute Gasteiger partial charge is 0.373 e. The number of hydrogen-bond donors (Lipinski definition) is 3. The van der Waals surface area contributed by atoms with E-state index in [1.165, 1.54) is 13.5 Å². The summed E-state index contributed by atoms with van der Waals surface area (Å²) < 4.78 is 24.1. The third kappa shape index (κ3) is 10.5. The number of likely N-dealkylation sites (tertiary alicyclic amines) is 1. The molecule has 2 fully saturated rings. The number of carbonyl (C=O) groups excluding carboxylic acids is 1. The zero-order valence-electron chi connectivity index (χ0n) is 32.1. The first-order chi connectivity index (χ1) is 23.0. The highest BCUT2D eigenvalue weighted by atomic mass is 16.6. The van der Waals surface area contributed by atoms with Gasteiger partial charge >= 0.3 is 5.97 Å². The number of piperidine rings is 1. The molecule has 3 N–H and O–H groups in total. The summed E-state index contributed by atoms with van der Waals surface area (Å²) in [6.45, 7) is 20.0. The van der Waals surface area contributed by atoms with E-state index < -0.39 is 48.0 Å². The zero-order chi connectivity index (χ0) is 36.6. The van der Waals surface area contributed by atoms with Crippen LogP contribution >= 0.6 is 0 Å². The van der Waals surface area contributed by atoms with E-state index in [9.17, 15) is 20.1 Å². The van der Waals surface area contributed by atoms with E-state index in [1.54, 1.807) is 13.2 Å². The lowest BCUT2D eigenvalue weighted by molar-refractivity contribution is -0.323. The molecular weight excluding hydrogens is 622 g/mol. The van der Waals surface area contributed by atoms with Crippen molar-refractivity contribution in [2.75, 3.05) is 27.3 Å². The van der Waals surface area contributed by atoms with E-state index >= 15 is 0 Å². The maximum absolute atomic E-state index is 13.7. The van der Waals surface area contributed by atoms with E-state index in [2.05, 4.69) is 25.7 Å². The number of cyclic esters (lactones) is 1. The van der Waals surface area contributed by atoms with E-state index in [1.807, 2.05) is 65.8 Å². The van der Waals surface area contributed by atoms with Crippen LogP contribution in [0.5, 0.6) is 0 Å². The van der Waals surface area contributed by atoms with Crippen molar-refractivity contribution in [2.24, 2.45) is 35.5 Å². The van der Waals surface area contributed by atoms with Crippen molar-refractivity contribution < 1.29 is 39.1 Å². The van der Waals surface area contributed by atoms with Crippen LogP contribution in [0.1, 0.15) is 94.4 Å². The van der Waals surface area contributed by atoms with Gasteiger partial charge in [-0.1, -0.05) is 90.3 Å². The van der Waals surface area contributed by atoms with Gasteiger partial charge in [0.05, 0.1) is 25.4 Å². The van der Waals surface area contributed by atoms with Crippen LogP contribution in [0.25, 0.3) is 0 Å². The SMILES string of the molecule is CO/C1=C\C(C)=C\[C@@H](C)[C@@H](O)[C@@H](C)C/C(C)=C/C=C/[C@H](OC)[C@@H]([C@@H](C)[C@@H](O)[C@H](C)[C@@]2(O)C[C@@H](N3CCCCC3)[C@H](C)[C@@H](C(C)C)O2)OC1=O. The largest absolute Gasteiger partial charge is 0.490 e. The van der Waals surface area contributed by atoms with Gasteiger partial charge in [-0.05, 0) is 70.0 Å². The molecule has 0 bridgehead atoms. The minimum absolute atomic E-state index is 0.00253. The Kier molecular flexibility index (Phi) is 15.6. The Labute approximate surface area is 296 Å². The van der Waals surface area contributed by atoms with Crippen LogP contribution in [0.2, 0.25) is 0 Å². The molecule has 0 spiro atoms. The van der Waals surface area contributed by atoms with Gasteiger partial charge in [-0.25, -0.2) is 4.79 Å². The predicted octanol–water partition coefficient (Wildman–Crippen LogP) is 6.19. The molecule has 0 aromatic carbocycles. The Morgan fingerprint density at radius 2 is 1.67 bits per heavy atom. The van der Waals surface area contributed by atoms with Crippen molar-refractivity contribution in [2.45, 2.75) is 137 Å². The Morgan fingerprint density at radius 3 is 2.27 bits per heavy atom. The van der Waals surface area contributed by atoms with Gasteiger partial charge in [-0.15, -0.1) is 0 Å². The summed E-state index contributed by atoms with van der Waals surface area (Å²) in [7, 11) is 2.96. The summed E-state index contributed by atoms with van der Waals surface area (Å²) in [6.07, 6.45) is 10.3. The number of aliphatic hydroxyl groups excluding tert-OH is 2. The molecule has 9 heteroatoms. The first-order valence-corrected chi connectivity index (χ1v) is 18.6. The molecule has 0 amide bonds. The molecule has 280 valence electrons. The highest BCUT2D eigenvalue weighted by Gasteiger charge is 2.53. The Hall–Kier alpha value is -2.01. The van der Waals surface area contributed by atoms with E-state index in [0.717, 1.165) is 37.1 Å². The van der Waals surface area contributed by atoms with Crippen molar-refractivity contribution in [3.05, 3.63) is 47.3 Å². The number of esters is 1. The van der Waals surface area contributed by atoms with Crippen LogP contribution in [0.3, 0.4) is 0 Å². The summed E-state index contributed by atoms with van der Waals surface area (Å²) in [6, 6.07) is 0.124. The fourth-order valence-corrected chi connectivity index (χ4v) is 8.25. The number of methoxy groups -OCH3 is 2. The van der Waals surface area contributed by atoms with E-state index in [4.69, 9.17) is 18.9 Å². The fraction of sp³-hybridized carbons (Fsp3) is 0.775. The highest BCUT2D eigenvalue weighted by Crippen LogP contribution is 2.43. The van der Waals surface area contributed by atoms with Crippen LogP contribution in [0.15, 0.2) is 47.3 Å². The molecule has 12 atom stereocenters. The first kappa shape index (κ1) is 41.4. The van der Waals surface area contributed by atoms with Gasteiger partial charge in [0.1, 0.15) is 12.2 Å². The molecule has 49 heavy (non-hydrogen) atoms. The molecule has 0 aromatic rings. The van der Waals surface area contributed by atoms with Gasteiger partial charge in [0, 0.05) is 37.3 Å². The molecule has 2 saturated heterocycles. The van der Waals surface area contributed by atoms with Crippen molar-refractivity contribution >= 4 is 5.97 Å². The minimum atomic E-state index is -1.59. The zero-order valence-corrected chi connectivity index (χ0v) is 32.1. The number of allylic oxidation sites excluding steroid dienone is 5. The number of nitrogens with zero attached hydrogens (tertiary/aromatic N) is 1. The van der Waals surface area contributed by atoms with Crippen LogP contribution in [0.4, 0.5) is 0 Å². The van der Waals surface area contributed by atoms with Gasteiger partial charge in [-0.3, -0.25) is 4.90 Å². The van der Waals surface area contributed by atoms with Crippen molar-refractivity contribution in [3.8, 4) is 0 Å². The number of aliphatic hydroxyl groups is 3. The van der Waals surface area contributed by atoms with Crippen LogP contribution in [0, 0.1) is 35.5 Å². The molecule has 0 radical (unpaired) electrons. The second-order valence-corrected chi connectivity index (χ2v) is 15.7. The van der Waals surface area contributed by atoms with Gasteiger partial charge < -0.3 is 34.3 Å². The van der Waals surface area contributed by atoms with Gasteiger partial charge in [0.15, 0.2) is 5.79 Å². The number of hydrogen-bond acceptors (Lipinski definition) is 9. The fourth-order valence-electron chi connectivity index (χ4n) is 8.25. The third-order valence-corrected chi connectivity index (χ3v) is 11.4. The van der Waals surface area contributed by atoms with Crippen LogP contribution < -0.4 is 0 Å². The van der Waals surface area contributed by atoms with E-state index in [0.29, 0.717) is 12.8 Å². The Balaban J connectivity index is 2.00. The second-order valence-electron chi connectivity index (χ2n) is 15.7. The topological polar surface area (TPSA) is 118 Å². The maximum Gasteiger partial charge on any atom is 0.373 e. The molecule has 3 heterocycles. The van der Waals surface area contributed by atoms with Crippen molar-refractivity contribution in [3.63, 3.8) is 0 Å². The molecule has 3 rings (SSSR count). The van der Waals surface area contributed by atoms with Gasteiger partial charge in [0.25, 0.3) is 0 Å². The van der Waals surface area contributed by atoms with Crippen molar-refractivity contribution in [1.29, 1.82) is 0 Å².